The summed E-state index contributed by atoms with van der Waals surface area (Å²) in [6.07, 6.45) is 0.921. The molecule has 0 aliphatic carbocycles. The minimum absolute atomic E-state index is 0.184. The Morgan fingerprint density at radius 2 is 2.16 bits per heavy atom. The number of likely N-dealkylation sites (N-methyl/N-ethyl adjacent to an activating group) is 1. The molecule has 1 aromatic carbocycles. The van der Waals surface area contributed by atoms with Gasteiger partial charge in [0.05, 0.1) is 6.54 Å². The molecule has 2 aliphatic rings. The Morgan fingerprint density at radius 1 is 1.36 bits per heavy atom. The number of amidine groups is 1. The summed E-state index contributed by atoms with van der Waals surface area (Å²) in [7, 11) is -1.68. The molecular weight excluding hydrogens is 342 g/mol. The number of nitrogens with zero attached hydrogens (tertiary/aromatic N) is 5. The van der Waals surface area contributed by atoms with Gasteiger partial charge in [-0.1, -0.05) is 17.3 Å². The summed E-state index contributed by atoms with van der Waals surface area (Å²) in [6, 6.07) is 7.15. The number of likely N-dealkylation sites (tertiary alicyclic amines) is 1. The summed E-state index contributed by atoms with van der Waals surface area (Å²) >= 11 is 0. The van der Waals surface area contributed by atoms with E-state index >= 15 is 0 Å². The summed E-state index contributed by atoms with van der Waals surface area (Å²) in [4.78, 5) is 8.72. The number of benzene rings is 1. The summed E-state index contributed by atoms with van der Waals surface area (Å²) in [5, 5.41) is 3.81. The Balaban J connectivity index is 1.50. The summed E-state index contributed by atoms with van der Waals surface area (Å²) in [5.74, 6) is 1.76. The van der Waals surface area contributed by atoms with E-state index in [2.05, 4.69) is 19.4 Å². The predicted molar refractivity (Wildman–Crippen MR) is 90.6 cm³/mol. The number of hydrogen-bond donors (Lipinski definition) is 0. The highest BCUT2D eigenvalue weighted by molar-refractivity contribution is 7.90. The molecule has 1 fully saturated rings. The van der Waals surface area contributed by atoms with Gasteiger partial charge < -0.3 is 9.42 Å². The second kappa shape index (κ2) is 5.92. The van der Waals surface area contributed by atoms with Crippen LogP contribution in [-0.2, 0) is 16.6 Å². The topological polar surface area (TPSA) is 91.9 Å². The van der Waals surface area contributed by atoms with E-state index in [1.807, 2.05) is 24.1 Å². The molecule has 1 unspecified atom stereocenters. The quantitative estimate of drug-likeness (QED) is 0.806. The normalized spacial score (nSPS) is 22.0. The van der Waals surface area contributed by atoms with E-state index in [0.29, 0.717) is 29.7 Å². The molecule has 1 saturated heterocycles. The fourth-order valence-electron chi connectivity index (χ4n) is 3.38. The van der Waals surface area contributed by atoms with E-state index < -0.39 is 10.0 Å². The first-order valence-corrected chi connectivity index (χ1v) is 9.57. The average molecular weight is 361 g/mol. The predicted octanol–water partition coefficient (Wildman–Crippen LogP) is 1.03. The summed E-state index contributed by atoms with van der Waals surface area (Å²) in [6.45, 7) is 4.08. The Labute approximate surface area is 146 Å². The van der Waals surface area contributed by atoms with Crippen LogP contribution in [0.1, 0.15) is 23.7 Å². The van der Waals surface area contributed by atoms with Gasteiger partial charge in [0, 0.05) is 31.7 Å². The molecule has 0 spiro atoms. The Hall–Kier alpha value is -2.26. The van der Waals surface area contributed by atoms with Crippen molar-refractivity contribution in [1.82, 2.24) is 19.9 Å². The van der Waals surface area contributed by atoms with Crippen molar-refractivity contribution in [3.05, 3.63) is 41.5 Å². The molecule has 9 heteroatoms. The van der Waals surface area contributed by atoms with Crippen LogP contribution in [0.2, 0.25) is 0 Å². The van der Waals surface area contributed by atoms with Gasteiger partial charge in [-0.3, -0.25) is 4.90 Å². The van der Waals surface area contributed by atoms with Crippen molar-refractivity contribution < 1.29 is 12.9 Å². The number of rotatable bonds is 3. The first-order valence-electron chi connectivity index (χ1n) is 8.13. The van der Waals surface area contributed by atoms with Crippen molar-refractivity contribution in [3.63, 3.8) is 0 Å². The van der Waals surface area contributed by atoms with Gasteiger partial charge in [-0.15, -0.1) is 4.40 Å². The molecule has 2 aliphatic heterocycles. The Kier molecular flexibility index (Phi) is 3.84. The lowest BCUT2D eigenvalue weighted by Gasteiger charge is -2.26. The number of sulfonamides is 1. The van der Waals surface area contributed by atoms with Gasteiger partial charge in [-0.25, -0.2) is 0 Å². The van der Waals surface area contributed by atoms with Crippen LogP contribution in [0, 0.1) is 6.92 Å². The van der Waals surface area contributed by atoms with Gasteiger partial charge in [0.15, 0.2) is 11.7 Å². The maximum absolute atomic E-state index is 12.2. The first-order chi connectivity index (χ1) is 11.9. The lowest BCUT2D eigenvalue weighted by Crippen LogP contribution is -2.38. The smallest absolute Gasteiger partial charge is 0.285 e. The van der Waals surface area contributed by atoms with Crippen LogP contribution in [-0.4, -0.2) is 60.4 Å². The van der Waals surface area contributed by atoms with Crippen LogP contribution < -0.4 is 0 Å². The van der Waals surface area contributed by atoms with E-state index in [-0.39, 0.29) is 10.9 Å². The zero-order valence-electron chi connectivity index (χ0n) is 14.1. The van der Waals surface area contributed by atoms with E-state index in [1.165, 1.54) is 0 Å². The second-order valence-electron chi connectivity index (χ2n) is 6.41. The summed E-state index contributed by atoms with van der Waals surface area (Å²) in [5.41, 5.74) is 0.677. The minimum atomic E-state index is -3.59. The molecule has 25 heavy (non-hydrogen) atoms. The van der Waals surface area contributed by atoms with Crippen molar-refractivity contribution in [2.45, 2.75) is 30.8 Å². The number of hydrogen-bond acceptors (Lipinski definition) is 7. The fourth-order valence-corrected chi connectivity index (χ4v) is 4.62. The molecule has 0 amide bonds. The molecule has 8 nitrogen and oxygen atoms in total. The van der Waals surface area contributed by atoms with Crippen molar-refractivity contribution in [3.8, 4) is 0 Å². The maximum Gasteiger partial charge on any atom is 0.285 e. The summed E-state index contributed by atoms with van der Waals surface area (Å²) < 4.78 is 33.7. The van der Waals surface area contributed by atoms with Crippen LogP contribution in [0.25, 0.3) is 0 Å². The van der Waals surface area contributed by atoms with Crippen LogP contribution in [0.5, 0.6) is 0 Å². The highest BCUT2D eigenvalue weighted by Gasteiger charge is 2.35. The molecule has 0 saturated carbocycles. The Morgan fingerprint density at radius 3 is 2.92 bits per heavy atom. The van der Waals surface area contributed by atoms with Crippen molar-refractivity contribution >= 4 is 15.9 Å². The maximum atomic E-state index is 12.2. The molecular formula is C16H19N5O3S. The SMILES string of the molecule is Cc1noc(CN2CCC(N(C)C3=NS(=O)(=O)c4ccccc43)C2)n1. The highest BCUT2D eigenvalue weighted by atomic mass is 32.2. The van der Waals surface area contributed by atoms with Gasteiger partial charge >= 0.3 is 0 Å². The molecule has 4 rings (SSSR count). The zero-order chi connectivity index (χ0) is 17.6. The van der Waals surface area contributed by atoms with Gasteiger partial charge in [-0.05, 0) is 25.5 Å². The molecule has 0 N–H and O–H groups in total. The van der Waals surface area contributed by atoms with Gasteiger partial charge in [0.2, 0.25) is 5.89 Å². The van der Waals surface area contributed by atoms with E-state index in [1.54, 1.807) is 19.1 Å². The molecule has 1 atom stereocenters. The van der Waals surface area contributed by atoms with Crippen LogP contribution in [0.15, 0.2) is 38.1 Å². The van der Waals surface area contributed by atoms with Crippen molar-refractivity contribution in [1.29, 1.82) is 0 Å². The third kappa shape index (κ3) is 2.93. The first kappa shape index (κ1) is 16.2. The lowest BCUT2D eigenvalue weighted by atomic mass is 10.1. The lowest BCUT2D eigenvalue weighted by molar-refractivity contribution is 0.252. The average Bonchev–Trinajstić information content (AvgIpc) is 3.27. The third-order valence-electron chi connectivity index (χ3n) is 4.67. The fraction of sp³-hybridized carbons (Fsp3) is 0.438. The third-order valence-corrected chi connectivity index (χ3v) is 6.00. The second-order valence-corrected chi connectivity index (χ2v) is 7.98. The highest BCUT2D eigenvalue weighted by Crippen LogP contribution is 2.29. The Bertz CT molecular complexity index is 937. The van der Waals surface area contributed by atoms with Crippen molar-refractivity contribution in [2.75, 3.05) is 20.1 Å². The molecule has 0 radical (unpaired) electrons. The van der Waals surface area contributed by atoms with E-state index in [0.717, 1.165) is 19.5 Å². The van der Waals surface area contributed by atoms with E-state index in [4.69, 9.17) is 4.52 Å². The van der Waals surface area contributed by atoms with Crippen molar-refractivity contribution in [2.24, 2.45) is 4.40 Å². The molecule has 132 valence electrons. The largest absolute Gasteiger partial charge is 0.354 e. The zero-order valence-corrected chi connectivity index (χ0v) is 14.9. The van der Waals surface area contributed by atoms with Crippen LogP contribution >= 0.6 is 0 Å². The van der Waals surface area contributed by atoms with E-state index in [9.17, 15) is 8.42 Å². The van der Waals surface area contributed by atoms with Crippen LogP contribution in [0.3, 0.4) is 0 Å². The minimum Gasteiger partial charge on any atom is -0.354 e. The monoisotopic (exact) mass is 361 g/mol. The molecule has 1 aromatic heterocycles. The van der Waals surface area contributed by atoms with Gasteiger partial charge in [0.25, 0.3) is 10.0 Å². The van der Waals surface area contributed by atoms with Gasteiger partial charge in [-0.2, -0.15) is 13.4 Å². The standard InChI is InChI=1S/C16H19N5O3S/c1-11-17-15(24-18-11)10-21-8-7-12(9-21)20(2)16-13-5-3-4-6-14(13)25(22,23)19-16/h3-6,12H,7-10H2,1-2H3. The molecule has 2 aromatic rings. The number of aromatic nitrogens is 2. The number of aryl methyl sites for hydroxylation is 1. The number of fused-ring (bicyclic) bond motifs is 1. The van der Waals surface area contributed by atoms with Gasteiger partial charge in [0.1, 0.15) is 4.90 Å². The molecule has 3 heterocycles. The van der Waals surface area contributed by atoms with Crippen LogP contribution in [0.4, 0.5) is 0 Å². The molecule has 0 bridgehead atoms.